The minimum atomic E-state index is 0.0221. The topological polar surface area (TPSA) is 53.9 Å². The van der Waals surface area contributed by atoms with Crippen molar-refractivity contribution >= 4 is 23.8 Å². The van der Waals surface area contributed by atoms with Crippen LogP contribution < -0.4 is 4.90 Å². The molecule has 6 heteroatoms. The van der Waals surface area contributed by atoms with Crippen molar-refractivity contribution < 1.29 is 4.79 Å². The van der Waals surface area contributed by atoms with Crippen LogP contribution >= 0.6 is 12.2 Å². The first-order valence-corrected chi connectivity index (χ1v) is 9.07. The van der Waals surface area contributed by atoms with Crippen LogP contribution in [0.2, 0.25) is 0 Å². The summed E-state index contributed by atoms with van der Waals surface area (Å²) in [7, 11) is 0. The predicted octanol–water partition coefficient (Wildman–Crippen LogP) is 3.89. The second kappa shape index (κ2) is 6.53. The Morgan fingerprint density at radius 2 is 2.08 bits per heavy atom. The van der Waals surface area contributed by atoms with E-state index >= 15 is 0 Å². The van der Waals surface area contributed by atoms with Crippen LogP contribution in [-0.2, 0) is 17.8 Å². The Hall–Kier alpha value is -2.73. The van der Waals surface area contributed by atoms with Crippen molar-refractivity contribution in [1.29, 1.82) is 0 Å². The highest BCUT2D eigenvalue weighted by Gasteiger charge is 2.31. The van der Waals surface area contributed by atoms with Crippen molar-refractivity contribution in [3.05, 3.63) is 64.4 Å². The highest BCUT2D eigenvalue weighted by Crippen LogP contribution is 2.32. The maximum absolute atomic E-state index is 13.1. The average Bonchev–Trinajstić information content (AvgIpc) is 3.14. The van der Waals surface area contributed by atoms with Crippen LogP contribution in [0.1, 0.15) is 18.1 Å². The number of hydrogen-bond acceptors (Lipinski definition) is 3. The minimum Gasteiger partial charge on any atom is -0.307 e. The molecule has 0 bridgehead atoms. The Morgan fingerprint density at radius 3 is 2.88 bits per heavy atom. The third kappa shape index (κ3) is 2.86. The van der Waals surface area contributed by atoms with E-state index in [1.165, 1.54) is 5.56 Å². The summed E-state index contributed by atoms with van der Waals surface area (Å²) in [5.41, 5.74) is 4.29. The summed E-state index contributed by atoms with van der Waals surface area (Å²) in [4.78, 5) is 15.0. The molecule has 5 nitrogen and oxygen atoms in total. The summed E-state index contributed by atoms with van der Waals surface area (Å²) < 4.78 is 2.23. The molecule has 132 valence electrons. The Morgan fingerprint density at radius 1 is 1.27 bits per heavy atom. The van der Waals surface area contributed by atoms with Crippen molar-refractivity contribution in [2.45, 2.75) is 32.9 Å². The molecule has 0 aliphatic carbocycles. The number of hydrogen-bond donors (Lipinski definition) is 1. The molecule has 1 aromatic heterocycles. The number of H-pyrrole nitrogens is 1. The first-order valence-electron chi connectivity index (χ1n) is 8.67. The molecule has 0 saturated heterocycles. The number of fused-ring (bicyclic) bond motifs is 1. The van der Waals surface area contributed by atoms with Crippen molar-refractivity contribution in [1.82, 2.24) is 14.8 Å². The quantitative estimate of drug-likeness (QED) is 0.717. The van der Waals surface area contributed by atoms with E-state index in [0.717, 1.165) is 23.2 Å². The third-order valence-corrected chi connectivity index (χ3v) is 5.12. The second-order valence-corrected chi connectivity index (χ2v) is 7.14. The van der Waals surface area contributed by atoms with Crippen molar-refractivity contribution in [3.63, 3.8) is 0 Å². The Labute approximate surface area is 157 Å². The van der Waals surface area contributed by atoms with Gasteiger partial charge in [0.2, 0.25) is 5.91 Å². The number of aromatic amines is 1. The van der Waals surface area contributed by atoms with Gasteiger partial charge in [-0.15, -0.1) is 0 Å². The molecule has 4 rings (SSSR count). The Balaban J connectivity index is 1.68. The molecule has 1 N–H and O–H groups in total. The standard InChI is InChI=1S/C20H20N4OS/c1-13-6-5-8-16(10-13)19-21-22-20(26)23(19)12-18(25)24-14(2)11-15-7-3-4-9-17(15)24/h3-10,14H,11-12H2,1-2H3,(H,22,26). The zero-order valence-corrected chi connectivity index (χ0v) is 15.6. The minimum absolute atomic E-state index is 0.0221. The van der Waals surface area contributed by atoms with Gasteiger partial charge >= 0.3 is 0 Å². The maximum atomic E-state index is 13.1. The lowest BCUT2D eigenvalue weighted by atomic mass is 10.1. The van der Waals surface area contributed by atoms with Gasteiger partial charge in [0.1, 0.15) is 6.54 Å². The molecule has 0 radical (unpaired) electrons. The van der Waals surface area contributed by atoms with Gasteiger partial charge in [-0.2, -0.15) is 5.10 Å². The fourth-order valence-corrected chi connectivity index (χ4v) is 3.82. The Kier molecular flexibility index (Phi) is 4.20. The van der Waals surface area contributed by atoms with Crippen LogP contribution in [0.3, 0.4) is 0 Å². The molecule has 0 fully saturated rings. The fraction of sp³-hybridized carbons (Fsp3) is 0.250. The smallest absolute Gasteiger partial charge is 0.247 e. The van der Waals surface area contributed by atoms with Crippen LogP contribution in [0.4, 0.5) is 5.69 Å². The van der Waals surface area contributed by atoms with E-state index in [9.17, 15) is 4.79 Å². The van der Waals surface area contributed by atoms with Crippen molar-refractivity contribution in [2.24, 2.45) is 0 Å². The van der Waals surface area contributed by atoms with Gasteiger partial charge in [0.05, 0.1) is 0 Å². The van der Waals surface area contributed by atoms with E-state index in [0.29, 0.717) is 10.6 Å². The summed E-state index contributed by atoms with van der Waals surface area (Å²) in [6.07, 6.45) is 0.878. The summed E-state index contributed by atoms with van der Waals surface area (Å²) in [6, 6.07) is 16.3. The van der Waals surface area contributed by atoms with Gasteiger partial charge in [-0.25, -0.2) is 0 Å². The fourth-order valence-electron chi connectivity index (χ4n) is 3.63. The summed E-state index contributed by atoms with van der Waals surface area (Å²) in [5.74, 6) is 0.709. The van der Waals surface area contributed by atoms with Crippen LogP contribution in [0.25, 0.3) is 11.4 Å². The molecule has 0 spiro atoms. The number of benzene rings is 2. The number of carbonyl (C=O) groups excluding carboxylic acids is 1. The van der Waals surface area contributed by atoms with Crippen LogP contribution in [-0.4, -0.2) is 26.7 Å². The van der Waals surface area contributed by atoms with E-state index in [1.54, 1.807) is 4.57 Å². The van der Waals surface area contributed by atoms with Gasteiger partial charge in [0.15, 0.2) is 10.6 Å². The zero-order chi connectivity index (χ0) is 18.3. The predicted molar refractivity (Wildman–Crippen MR) is 105 cm³/mol. The molecule has 1 amide bonds. The number of aromatic nitrogens is 3. The van der Waals surface area contributed by atoms with Gasteiger partial charge in [0.25, 0.3) is 0 Å². The molecule has 1 aliphatic rings. The van der Waals surface area contributed by atoms with Crippen molar-refractivity contribution in [3.8, 4) is 11.4 Å². The number of nitrogens with one attached hydrogen (secondary N) is 1. The third-order valence-electron chi connectivity index (χ3n) is 4.80. The number of carbonyl (C=O) groups is 1. The number of para-hydroxylation sites is 1. The molecule has 2 heterocycles. The Bertz CT molecular complexity index is 1040. The molecule has 0 saturated carbocycles. The van der Waals surface area contributed by atoms with Crippen LogP contribution in [0.5, 0.6) is 0 Å². The first kappa shape index (κ1) is 16.7. The van der Waals surface area contributed by atoms with Gasteiger partial charge in [-0.1, -0.05) is 42.0 Å². The molecule has 3 aromatic rings. The zero-order valence-electron chi connectivity index (χ0n) is 14.8. The van der Waals surface area contributed by atoms with Gasteiger partial charge in [0, 0.05) is 17.3 Å². The largest absolute Gasteiger partial charge is 0.307 e. The number of amides is 1. The number of rotatable bonds is 3. The van der Waals surface area contributed by atoms with E-state index in [-0.39, 0.29) is 18.5 Å². The van der Waals surface area contributed by atoms with E-state index < -0.39 is 0 Å². The van der Waals surface area contributed by atoms with E-state index in [1.807, 2.05) is 54.3 Å². The number of nitrogens with zero attached hydrogens (tertiary/aromatic N) is 3. The molecule has 26 heavy (non-hydrogen) atoms. The highest BCUT2D eigenvalue weighted by atomic mass is 32.1. The number of aryl methyl sites for hydroxylation is 1. The summed E-state index contributed by atoms with van der Waals surface area (Å²) >= 11 is 5.38. The van der Waals surface area contributed by atoms with Gasteiger partial charge in [-0.05, 0) is 50.2 Å². The lowest BCUT2D eigenvalue weighted by Crippen LogP contribution is -2.38. The highest BCUT2D eigenvalue weighted by molar-refractivity contribution is 7.71. The lowest BCUT2D eigenvalue weighted by molar-refractivity contribution is -0.119. The van der Waals surface area contributed by atoms with Gasteiger partial charge < -0.3 is 4.90 Å². The van der Waals surface area contributed by atoms with E-state index in [2.05, 4.69) is 23.2 Å². The monoisotopic (exact) mass is 364 g/mol. The maximum Gasteiger partial charge on any atom is 0.247 e. The average molecular weight is 364 g/mol. The SMILES string of the molecule is Cc1cccc(-c2n[nH]c(=S)n2CC(=O)N2c3ccccc3CC2C)c1. The van der Waals surface area contributed by atoms with Crippen molar-refractivity contribution in [2.75, 3.05) is 4.90 Å². The molecule has 1 unspecified atom stereocenters. The summed E-state index contributed by atoms with van der Waals surface area (Å²) in [6.45, 7) is 4.27. The van der Waals surface area contributed by atoms with Crippen LogP contribution in [0, 0.1) is 11.7 Å². The number of anilines is 1. The molecular formula is C20H20N4OS. The first-order chi connectivity index (χ1) is 12.5. The summed E-state index contributed by atoms with van der Waals surface area (Å²) in [5, 5.41) is 7.17. The van der Waals surface area contributed by atoms with Gasteiger partial charge in [-0.3, -0.25) is 14.5 Å². The lowest BCUT2D eigenvalue weighted by Gasteiger charge is -2.23. The van der Waals surface area contributed by atoms with Crippen LogP contribution in [0.15, 0.2) is 48.5 Å². The molecule has 1 atom stereocenters. The second-order valence-electron chi connectivity index (χ2n) is 6.75. The van der Waals surface area contributed by atoms with E-state index in [4.69, 9.17) is 12.2 Å². The molecular weight excluding hydrogens is 344 g/mol. The normalized spacial score (nSPS) is 15.9. The molecule has 2 aromatic carbocycles. The molecule has 1 aliphatic heterocycles.